The second kappa shape index (κ2) is 6.30. The van der Waals surface area contributed by atoms with E-state index in [0.717, 1.165) is 31.1 Å². The molecule has 0 aliphatic rings. The summed E-state index contributed by atoms with van der Waals surface area (Å²) in [6.45, 7) is 5.11. The minimum Gasteiger partial charge on any atom is -0.495 e. The number of nitrogens with zero attached hydrogens (tertiary/aromatic N) is 1. The van der Waals surface area contributed by atoms with Crippen LogP contribution in [0, 0.1) is 0 Å². The molecular weight excluding hydrogens is 188 g/mol. The first-order chi connectivity index (χ1) is 7.33. The molecule has 0 aliphatic heterocycles. The highest BCUT2D eigenvalue weighted by atomic mass is 16.5. The summed E-state index contributed by atoms with van der Waals surface area (Å²) in [6.07, 6.45) is 0. The molecule has 0 unspecified atom stereocenters. The molecule has 0 heterocycles. The van der Waals surface area contributed by atoms with Crippen molar-refractivity contribution in [1.82, 2.24) is 5.32 Å². The molecule has 1 aromatic rings. The molecule has 0 bridgehead atoms. The largest absolute Gasteiger partial charge is 0.495 e. The average molecular weight is 208 g/mol. The Morgan fingerprint density at radius 3 is 2.67 bits per heavy atom. The molecule has 15 heavy (non-hydrogen) atoms. The number of ether oxygens (including phenoxy) is 1. The molecule has 1 rings (SSSR count). The van der Waals surface area contributed by atoms with Gasteiger partial charge in [-0.15, -0.1) is 0 Å². The van der Waals surface area contributed by atoms with Gasteiger partial charge in [0, 0.05) is 19.6 Å². The van der Waals surface area contributed by atoms with E-state index in [1.807, 2.05) is 25.2 Å². The lowest BCUT2D eigenvalue weighted by Gasteiger charge is -2.24. The zero-order chi connectivity index (χ0) is 11.1. The van der Waals surface area contributed by atoms with Gasteiger partial charge in [-0.3, -0.25) is 0 Å². The molecule has 0 amide bonds. The highest BCUT2D eigenvalue weighted by molar-refractivity contribution is 5.58. The lowest BCUT2D eigenvalue weighted by molar-refractivity contribution is 0.414. The maximum atomic E-state index is 5.35. The molecule has 0 radical (unpaired) electrons. The van der Waals surface area contributed by atoms with E-state index in [-0.39, 0.29) is 0 Å². The van der Waals surface area contributed by atoms with Gasteiger partial charge in [0.1, 0.15) is 5.75 Å². The quantitative estimate of drug-likeness (QED) is 0.770. The smallest absolute Gasteiger partial charge is 0.142 e. The van der Waals surface area contributed by atoms with Crippen molar-refractivity contribution in [3.8, 4) is 5.75 Å². The maximum Gasteiger partial charge on any atom is 0.142 e. The number of anilines is 1. The third kappa shape index (κ3) is 3.13. The molecule has 1 N–H and O–H groups in total. The molecule has 3 nitrogen and oxygen atoms in total. The van der Waals surface area contributed by atoms with Gasteiger partial charge in [0.05, 0.1) is 12.8 Å². The van der Waals surface area contributed by atoms with Gasteiger partial charge in [0.2, 0.25) is 0 Å². The van der Waals surface area contributed by atoms with E-state index in [9.17, 15) is 0 Å². The summed E-state index contributed by atoms with van der Waals surface area (Å²) >= 11 is 0. The topological polar surface area (TPSA) is 24.5 Å². The van der Waals surface area contributed by atoms with E-state index in [1.165, 1.54) is 0 Å². The van der Waals surface area contributed by atoms with Gasteiger partial charge in [0.25, 0.3) is 0 Å². The number of nitrogens with one attached hydrogen (secondary N) is 1. The van der Waals surface area contributed by atoms with E-state index in [1.54, 1.807) is 7.11 Å². The first-order valence-corrected chi connectivity index (χ1v) is 5.36. The van der Waals surface area contributed by atoms with Crippen molar-refractivity contribution in [2.24, 2.45) is 0 Å². The molecule has 0 aromatic heterocycles. The monoisotopic (exact) mass is 208 g/mol. The van der Waals surface area contributed by atoms with Gasteiger partial charge >= 0.3 is 0 Å². The summed E-state index contributed by atoms with van der Waals surface area (Å²) in [5.74, 6) is 0.940. The lowest BCUT2D eigenvalue weighted by Crippen LogP contribution is -2.30. The number of benzene rings is 1. The van der Waals surface area contributed by atoms with Crippen molar-refractivity contribution in [2.45, 2.75) is 6.92 Å². The molecule has 0 saturated heterocycles. The maximum absolute atomic E-state index is 5.35. The van der Waals surface area contributed by atoms with Gasteiger partial charge in [-0.05, 0) is 26.1 Å². The SMILES string of the molecule is CCN(CCNC)c1ccccc1OC. The Hall–Kier alpha value is -1.22. The highest BCUT2D eigenvalue weighted by Gasteiger charge is 2.08. The molecule has 0 saturated carbocycles. The predicted octanol–water partition coefficient (Wildman–Crippen LogP) is 1.74. The summed E-state index contributed by atoms with van der Waals surface area (Å²) in [5.41, 5.74) is 1.16. The first kappa shape index (κ1) is 11.9. The van der Waals surface area contributed by atoms with Crippen LogP contribution in [0.1, 0.15) is 6.92 Å². The fourth-order valence-corrected chi connectivity index (χ4v) is 1.59. The van der Waals surface area contributed by atoms with E-state index >= 15 is 0 Å². The van der Waals surface area contributed by atoms with Crippen molar-refractivity contribution in [3.05, 3.63) is 24.3 Å². The van der Waals surface area contributed by atoms with Crippen molar-refractivity contribution in [2.75, 3.05) is 38.7 Å². The molecule has 0 fully saturated rings. The number of likely N-dealkylation sites (N-methyl/N-ethyl adjacent to an activating group) is 2. The Balaban J connectivity index is 2.80. The summed E-state index contributed by atoms with van der Waals surface area (Å²) in [7, 11) is 3.68. The van der Waals surface area contributed by atoms with E-state index in [4.69, 9.17) is 4.74 Å². The van der Waals surface area contributed by atoms with Gasteiger partial charge in [-0.1, -0.05) is 12.1 Å². The van der Waals surface area contributed by atoms with Crippen molar-refractivity contribution < 1.29 is 4.74 Å². The molecule has 0 aliphatic carbocycles. The number of methoxy groups -OCH3 is 1. The molecule has 84 valence electrons. The van der Waals surface area contributed by atoms with Crippen LogP contribution in [-0.2, 0) is 0 Å². The van der Waals surface area contributed by atoms with Crippen LogP contribution in [0.25, 0.3) is 0 Å². The van der Waals surface area contributed by atoms with Crippen LogP contribution in [0.5, 0.6) is 5.75 Å². The van der Waals surface area contributed by atoms with Crippen LogP contribution in [-0.4, -0.2) is 33.8 Å². The first-order valence-electron chi connectivity index (χ1n) is 5.36. The zero-order valence-corrected chi connectivity index (χ0v) is 9.79. The summed E-state index contributed by atoms with van der Waals surface area (Å²) < 4.78 is 5.35. The van der Waals surface area contributed by atoms with Crippen LogP contribution in [0.3, 0.4) is 0 Å². The van der Waals surface area contributed by atoms with E-state index in [0.29, 0.717) is 0 Å². The van der Waals surface area contributed by atoms with Crippen LogP contribution in [0.4, 0.5) is 5.69 Å². The molecule has 3 heteroatoms. The minimum absolute atomic E-state index is 0.940. The van der Waals surface area contributed by atoms with Crippen molar-refractivity contribution in [1.29, 1.82) is 0 Å². The standard InChI is InChI=1S/C12H20N2O/c1-4-14(10-9-13-2)11-7-5-6-8-12(11)15-3/h5-8,13H,4,9-10H2,1-3H3. The zero-order valence-electron chi connectivity index (χ0n) is 9.79. The second-order valence-corrected chi connectivity index (χ2v) is 3.36. The third-order valence-electron chi connectivity index (χ3n) is 2.44. The van der Waals surface area contributed by atoms with Crippen LogP contribution < -0.4 is 15.0 Å². The van der Waals surface area contributed by atoms with Crippen LogP contribution >= 0.6 is 0 Å². The lowest BCUT2D eigenvalue weighted by atomic mass is 10.2. The second-order valence-electron chi connectivity index (χ2n) is 3.36. The van der Waals surface area contributed by atoms with Crippen molar-refractivity contribution >= 4 is 5.69 Å². The van der Waals surface area contributed by atoms with Crippen LogP contribution in [0.2, 0.25) is 0 Å². The number of para-hydroxylation sites is 2. The Morgan fingerprint density at radius 1 is 1.33 bits per heavy atom. The van der Waals surface area contributed by atoms with Crippen LogP contribution in [0.15, 0.2) is 24.3 Å². The fourth-order valence-electron chi connectivity index (χ4n) is 1.59. The number of rotatable bonds is 6. The Morgan fingerprint density at radius 2 is 2.07 bits per heavy atom. The Bertz CT molecular complexity index is 289. The highest BCUT2D eigenvalue weighted by Crippen LogP contribution is 2.26. The number of hydrogen-bond donors (Lipinski definition) is 1. The Labute approximate surface area is 92.0 Å². The summed E-state index contributed by atoms with van der Waals surface area (Å²) in [5, 5.41) is 3.16. The fraction of sp³-hybridized carbons (Fsp3) is 0.500. The Kier molecular flexibility index (Phi) is 4.98. The van der Waals surface area contributed by atoms with Gasteiger partial charge in [-0.2, -0.15) is 0 Å². The number of hydrogen-bond acceptors (Lipinski definition) is 3. The normalized spacial score (nSPS) is 10.1. The molecule has 1 aromatic carbocycles. The third-order valence-corrected chi connectivity index (χ3v) is 2.44. The van der Waals surface area contributed by atoms with Crippen molar-refractivity contribution in [3.63, 3.8) is 0 Å². The minimum atomic E-state index is 0.940. The van der Waals surface area contributed by atoms with E-state index < -0.39 is 0 Å². The molecule has 0 spiro atoms. The average Bonchev–Trinajstić information content (AvgIpc) is 2.30. The van der Waals surface area contributed by atoms with Gasteiger partial charge < -0.3 is 15.0 Å². The van der Waals surface area contributed by atoms with Gasteiger partial charge in [-0.25, -0.2) is 0 Å². The predicted molar refractivity (Wildman–Crippen MR) is 64.8 cm³/mol. The van der Waals surface area contributed by atoms with Gasteiger partial charge in [0.15, 0.2) is 0 Å². The molecule has 0 atom stereocenters. The molecular formula is C12H20N2O. The summed E-state index contributed by atoms with van der Waals surface area (Å²) in [6, 6.07) is 8.13. The van der Waals surface area contributed by atoms with E-state index in [2.05, 4.69) is 23.2 Å². The summed E-state index contributed by atoms with van der Waals surface area (Å²) in [4.78, 5) is 2.30.